The molecule has 2 rings (SSSR count). The van der Waals surface area contributed by atoms with Gasteiger partial charge in [0.15, 0.2) is 11.6 Å². The van der Waals surface area contributed by atoms with Gasteiger partial charge in [0.2, 0.25) is 0 Å². The van der Waals surface area contributed by atoms with E-state index in [1.807, 2.05) is 0 Å². The molecule has 1 amide bonds. The van der Waals surface area contributed by atoms with Gasteiger partial charge in [0, 0.05) is 5.56 Å². The zero-order chi connectivity index (χ0) is 15.5. The van der Waals surface area contributed by atoms with E-state index in [-0.39, 0.29) is 23.8 Å². The Labute approximate surface area is 124 Å². The minimum Gasteiger partial charge on any atom is -0.494 e. The molecule has 1 saturated carbocycles. The van der Waals surface area contributed by atoms with E-state index in [1.165, 1.54) is 19.2 Å². The van der Waals surface area contributed by atoms with Crippen molar-refractivity contribution in [3.05, 3.63) is 29.6 Å². The van der Waals surface area contributed by atoms with E-state index in [4.69, 9.17) is 4.74 Å². The summed E-state index contributed by atoms with van der Waals surface area (Å²) in [5, 5.41) is 12.5. The molecule has 0 atom stereocenters. The normalized spacial score (nSPS) is 25.4. The Hall–Kier alpha value is -1.62. The van der Waals surface area contributed by atoms with E-state index in [0.29, 0.717) is 5.92 Å². The Balaban J connectivity index is 2.11. The second kappa shape index (κ2) is 6.43. The number of hydrogen-bond acceptors (Lipinski definition) is 3. The van der Waals surface area contributed by atoms with Gasteiger partial charge in [-0.15, -0.1) is 0 Å². The van der Waals surface area contributed by atoms with Gasteiger partial charge in [-0.3, -0.25) is 4.79 Å². The summed E-state index contributed by atoms with van der Waals surface area (Å²) < 4.78 is 18.5. The molecular weight excluding hydrogens is 273 g/mol. The minimum atomic E-state index is -0.583. The van der Waals surface area contributed by atoms with Gasteiger partial charge in [-0.05, 0) is 49.8 Å². The Morgan fingerprint density at radius 2 is 2.14 bits per heavy atom. The third kappa shape index (κ3) is 3.53. The van der Waals surface area contributed by atoms with Crippen LogP contribution in [0, 0.1) is 11.7 Å². The molecular formula is C16H22FNO3. The van der Waals surface area contributed by atoms with Crippen LogP contribution >= 0.6 is 0 Å². The highest BCUT2D eigenvalue weighted by Gasteiger charge is 2.35. The van der Waals surface area contributed by atoms with E-state index < -0.39 is 11.4 Å². The van der Waals surface area contributed by atoms with E-state index in [0.717, 1.165) is 31.7 Å². The monoisotopic (exact) mass is 295 g/mol. The number of carbonyl (C=O) groups excluding carboxylic acids is 1. The summed E-state index contributed by atoms with van der Waals surface area (Å²) in [6.45, 7) is 2.08. The van der Waals surface area contributed by atoms with Gasteiger partial charge >= 0.3 is 0 Å². The average molecular weight is 295 g/mol. The summed E-state index contributed by atoms with van der Waals surface area (Å²) in [5.74, 6) is -0.212. The molecule has 4 nitrogen and oxygen atoms in total. The SMILES string of the molecule is COc1ccc(C(=O)NC2(CO)CCC(C)CC2)cc1F. The van der Waals surface area contributed by atoms with Crippen LogP contribution in [0.1, 0.15) is 43.0 Å². The van der Waals surface area contributed by atoms with Crippen molar-refractivity contribution < 1.29 is 19.0 Å². The molecule has 0 saturated heterocycles. The Kier molecular flexibility index (Phi) is 4.83. The Bertz CT molecular complexity index is 510. The largest absolute Gasteiger partial charge is 0.494 e. The fourth-order valence-electron chi connectivity index (χ4n) is 2.76. The molecule has 0 unspecified atom stereocenters. The van der Waals surface area contributed by atoms with Crippen LogP contribution in [0.4, 0.5) is 4.39 Å². The minimum absolute atomic E-state index is 0.0932. The van der Waals surface area contributed by atoms with Crippen LogP contribution in [0.5, 0.6) is 5.75 Å². The van der Waals surface area contributed by atoms with Crippen molar-refractivity contribution in [3.8, 4) is 5.75 Å². The van der Waals surface area contributed by atoms with E-state index >= 15 is 0 Å². The average Bonchev–Trinajstić information content (AvgIpc) is 2.49. The number of halogens is 1. The number of amides is 1. The summed E-state index contributed by atoms with van der Waals surface area (Å²) in [6, 6.07) is 4.11. The van der Waals surface area contributed by atoms with Gasteiger partial charge in [-0.25, -0.2) is 4.39 Å². The predicted molar refractivity (Wildman–Crippen MR) is 77.9 cm³/mol. The number of nitrogens with one attached hydrogen (secondary N) is 1. The number of methoxy groups -OCH3 is 1. The number of benzene rings is 1. The first kappa shape index (κ1) is 15.8. The van der Waals surface area contributed by atoms with Crippen molar-refractivity contribution >= 4 is 5.91 Å². The van der Waals surface area contributed by atoms with Crippen molar-refractivity contribution in [2.45, 2.75) is 38.1 Å². The highest BCUT2D eigenvalue weighted by molar-refractivity contribution is 5.94. The fraction of sp³-hybridized carbons (Fsp3) is 0.562. The van der Waals surface area contributed by atoms with Crippen LogP contribution in [-0.4, -0.2) is 30.3 Å². The fourth-order valence-corrected chi connectivity index (χ4v) is 2.76. The van der Waals surface area contributed by atoms with Crippen LogP contribution in [-0.2, 0) is 0 Å². The van der Waals surface area contributed by atoms with Gasteiger partial charge in [-0.1, -0.05) is 6.92 Å². The van der Waals surface area contributed by atoms with Crippen LogP contribution in [0.2, 0.25) is 0 Å². The number of carbonyl (C=O) groups is 1. The first-order chi connectivity index (χ1) is 9.99. The number of aliphatic hydroxyl groups is 1. The zero-order valence-corrected chi connectivity index (χ0v) is 12.5. The zero-order valence-electron chi connectivity index (χ0n) is 12.5. The van der Waals surface area contributed by atoms with Gasteiger partial charge in [0.25, 0.3) is 5.91 Å². The molecule has 0 heterocycles. The maximum absolute atomic E-state index is 13.7. The molecule has 1 fully saturated rings. The molecule has 0 radical (unpaired) electrons. The summed E-state index contributed by atoms with van der Waals surface area (Å²) in [6.07, 6.45) is 3.43. The van der Waals surface area contributed by atoms with E-state index in [2.05, 4.69) is 12.2 Å². The molecule has 116 valence electrons. The maximum Gasteiger partial charge on any atom is 0.251 e. The van der Waals surface area contributed by atoms with Gasteiger partial charge in [0.05, 0.1) is 19.3 Å². The number of hydrogen-bond donors (Lipinski definition) is 2. The number of aliphatic hydroxyl groups excluding tert-OH is 1. The quantitative estimate of drug-likeness (QED) is 0.897. The Morgan fingerprint density at radius 3 is 2.67 bits per heavy atom. The van der Waals surface area contributed by atoms with Crippen molar-refractivity contribution in [2.24, 2.45) is 5.92 Å². The summed E-state index contributed by atoms with van der Waals surface area (Å²) in [4.78, 5) is 12.3. The van der Waals surface area contributed by atoms with Gasteiger partial charge in [0.1, 0.15) is 0 Å². The molecule has 0 bridgehead atoms. The maximum atomic E-state index is 13.7. The second-order valence-corrected chi connectivity index (χ2v) is 5.92. The third-order valence-corrected chi connectivity index (χ3v) is 4.33. The lowest BCUT2D eigenvalue weighted by atomic mass is 9.77. The van der Waals surface area contributed by atoms with Crippen LogP contribution in [0.25, 0.3) is 0 Å². The lowest BCUT2D eigenvalue weighted by molar-refractivity contribution is 0.0716. The number of rotatable bonds is 4. The summed E-state index contributed by atoms with van der Waals surface area (Å²) in [7, 11) is 1.38. The standard InChI is InChI=1S/C16H22FNO3/c1-11-5-7-16(10-19,8-6-11)18-15(20)12-3-4-14(21-2)13(17)9-12/h3-4,9,11,19H,5-8,10H2,1-2H3,(H,18,20). The highest BCUT2D eigenvalue weighted by Crippen LogP contribution is 2.32. The molecule has 2 N–H and O–H groups in total. The number of ether oxygens (including phenoxy) is 1. The molecule has 21 heavy (non-hydrogen) atoms. The van der Waals surface area contributed by atoms with E-state index in [9.17, 15) is 14.3 Å². The molecule has 1 aromatic carbocycles. The molecule has 0 aromatic heterocycles. The first-order valence-corrected chi connectivity index (χ1v) is 7.26. The van der Waals surface area contributed by atoms with Crippen molar-refractivity contribution in [1.82, 2.24) is 5.32 Å². The van der Waals surface area contributed by atoms with Crippen LogP contribution in [0.3, 0.4) is 0 Å². The van der Waals surface area contributed by atoms with Gasteiger partial charge in [-0.2, -0.15) is 0 Å². The van der Waals surface area contributed by atoms with Crippen LogP contribution in [0.15, 0.2) is 18.2 Å². The molecule has 0 aliphatic heterocycles. The van der Waals surface area contributed by atoms with Crippen LogP contribution < -0.4 is 10.1 Å². The first-order valence-electron chi connectivity index (χ1n) is 7.26. The smallest absolute Gasteiger partial charge is 0.251 e. The van der Waals surface area contributed by atoms with Crippen molar-refractivity contribution in [2.75, 3.05) is 13.7 Å². The van der Waals surface area contributed by atoms with Crippen molar-refractivity contribution in [1.29, 1.82) is 0 Å². The predicted octanol–water partition coefficient (Wildman–Crippen LogP) is 2.51. The lowest BCUT2D eigenvalue weighted by Gasteiger charge is -2.38. The third-order valence-electron chi connectivity index (χ3n) is 4.33. The second-order valence-electron chi connectivity index (χ2n) is 5.92. The Morgan fingerprint density at radius 1 is 1.48 bits per heavy atom. The topological polar surface area (TPSA) is 58.6 Å². The molecule has 1 aliphatic carbocycles. The molecule has 0 spiro atoms. The summed E-state index contributed by atoms with van der Waals surface area (Å²) in [5.41, 5.74) is -0.347. The van der Waals surface area contributed by atoms with Gasteiger partial charge < -0.3 is 15.2 Å². The summed E-state index contributed by atoms with van der Waals surface area (Å²) >= 11 is 0. The molecule has 1 aliphatic rings. The molecule has 1 aromatic rings. The highest BCUT2D eigenvalue weighted by atomic mass is 19.1. The lowest BCUT2D eigenvalue weighted by Crippen LogP contribution is -2.53. The van der Waals surface area contributed by atoms with Crippen molar-refractivity contribution in [3.63, 3.8) is 0 Å². The van der Waals surface area contributed by atoms with E-state index in [1.54, 1.807) is 0 Å². The molecule has 5 heteroatoms.